The Kier molecular flexibility index (Phi) is 4.30. The summed E-state index contributed by atoms with van der Waals surface area (Å²) in [6, 6.07) is 9.00. The molecule has 1 heterocycles. The molecule has 5 heteroatoms. The van der Waals surface area contributed by atoms with Crippen LogP contribution in [0, 0.1) is 5.92 Å². The van der Waals surface area contributed by atoms with Gasteiger partial charge in [-0.2, -0.15) is 0 Å². The van der Waals surface area contributed by atoms with E-state index in [-0.39, 0.29) is 18.2 Å². The Morgan fingerprint density at radius 3 is 2.90 bits per heavy atom. The van der Waals surface area contributed by atoms with Crippen molar-refractivity contribution in [3.05, 3.63) is 42.1 Å². The number of pyridine rings is 1. The minimum atomic E-state index is -0.858. The van der Waals surface area contributed by atoms with Crippen LogP contribution in [0.2, 0.25) is 0 Å². The number of carbonyl (C=O) groups excluding carboxylic acids is 1. The van der Waals surface area contributed by atoms with Gasteiger partial charge in [-0.05, 0) is 30.2 Å². The lowest BCUT2D eigenvalue weighted by Gasteiger charge is -2.10. The first kappa shape index (κ1) is 14.0. The fourth-order valence-electron chi connectivity index (χ4n) is 1.96. The highest BCUT2D eigenvalue weighted by Crippen LogP contribution is 2.13. The quantitative estimate of drug-likeness (QED) is 0.873. The van der Waals surface area contributed by atoms with E-state index < -0.39 is 5.97 Å². The summed E-state index contributed by atoms with van der Waals surface area (Å²) in [4.78, 5) is 26.7. The van der Waals surface area contributed by atoms with Crippen molar-refractivity contribution >= 4 is 22.8 Å². The number of carbonyl (C=O) groups is 2. The summed E-state index contributed by atoms with van der Waals surface area (Å²) in [7, 11) is 0. The van der Waals surface area contributed by atoms with E-state index >= 15 is 0 Å². The highest BCUT2D eigenvalue weighted by molar-refractivity contribution is 5.97. The molecule has 104 valence electrons. The lowest BCUT2D eigenvalue weighted by atomic mass is 10.1. The molecule has 0 aliphatic carbocycles. The molecule has 0 bridgehead atoms. The molecule has 5 nitrogen and oxygen atoms in total. The summed E-state index contributed by atoms with van der Waals surface area (Å²) >= 11 is 0. The third-order valence-electron chi connectivity index (χ3n) is 3.00. The smallest absolute Gasteiger partial charge is 0.303 e. The van der Waals surface area contributed by atoms with Crippen molar-refractivity contribution in [3.63, 3.8) is 0 Å². The van der Waals surface area contributed by atoms with Crippen LogP contribution in [0.4, 0.5) is 0 Å². The first-order valence-electron chi connectivity index (χ1n) is 6.41. The predicted molar refractivity (Wildman–Crippen MR) is 75.5 cm³/mol. The molecule has 0 saturated carbocycles. The van der Waals surface area contributed by atoms with Crippen LogP contribution >= 0.6 is 0 Å². The van der Waals surface area contributed by atoms with E-state index in [1.54, 1.807) is 31.3 Å². The van der Waals surface area contributed by atoms with Gasteiger partial charge in [0, 0.05) is 30.1 Å². The van der Waals surface area contributed by atoms with Crippen molar-refractivity contribution in [1.29, 1.82) is 0 Å². The molecule has 0 saturated heterocycles. The van der Waals surface area contributed by atoms with Crippen molar-refractivity contribution < 1.29 is 14.7 Å². The molecule has 1 aromatic heterocycles. The number of fused-ring (bicyclic) bond motifs is 1. The second kappa shape index (κ2) is 6.14. The molecule has 20 heavy (non-hydrogen) atoms. The van der Waals surface area contributed by atoms with E-state index in [4.69, 9.17) is 5.11 Å². The molecule has 0 aliphatic rings. The average molecular weight is 272 g/mol. The first-order valence-corrected chi connectivity index (χ1v) is 6.41. The molecule has 2 N–H and O–H groups in total. The van der Waals surface area contributed by atoms with Crippen LogP contribution in [-0.4, -0.2) is 28.5 Å². The molecule has 1 aromatic carbocycles. The molecular formula is C15H16N2O3. The number of nitrogens with one attached hydrogen (secondary N) is 1. The maximum absolute atomic E-state index is 12.0. The summed E-state index contributed by atoms with van der Waals surface area (Å²) < 4.78 is 0. The number of hydrogen-bond acceptors (Lipinski definition) is 3. The number of benzene rings is 1. The fraction of sp³-hybridized carbons (Fsp3) is 0.267. The standard InChI is InChI=1S/C15H16N2O3/c1-10(7-14(18)19)9-17-15(20)12-4-5-13-11(8-12)3-2-6-16-13/h2-6,8,10H,7,9H2,1H3,(H,17,20)(H,18,19). The summed E-state index contributed by atoms with van der Waals surface area (Å²) in [5.74, 6) is -1.16. The molecule has 1 atom stereocenters. The van der Waals surface area contributed by atoms with Crippen molar-refractivity contribution in [2.75, 3.05) is 6.54 Å². The molecule has 1 unspecified atom stereocenters. The molecule has 0 radical (unpaired) electrons. The zero-order chi connectivity index (χ0) is 14.5. The third kappa shape index (κ3) is 3.54. The molecule has 0 aliphatic heterocycles. The maximum atomic E-state index is 12.0. The van der Waals surface area contributed by atoms with E-state index in [1.165, 1.54) is 0 Å². The summed E-state index contributed by atoms with van der Waals surface area (Å²) in [5.41, 5.74) is 1.39. The van der Waals surface area contributed by atoms with Gasteiger partial charge in [-0.25, -0.2) is 0 Å². The van der Waals surface area contributed by atoms with Crippen molar-refractivity contribution in [2.45, 2.75) is 13.3 Å². The van der Waals surface area contributed by atoms with Gasteiger partial charge in [-0.3, -0.25) is 14.6 Å². The first-order chi connectivity index (χ1) is 9.56. The van der Waals surface area contributed by atoms with Crippen LogP contribution in [0.25, 0.3) is 10.9 Å². The number of aromatic nitrogens is 1. The zero-order valence-electron chi connectivity index (χ0n) is 11.2. The highest BCUT2D eigenvalue weighted by Gasteiger charge is 2.11. The van der Waals surface area contributed by atoms with E-state index in [9.17, 15) is 9.59 Å². The normalized spacial score (nSPS) is 12.1. The number of nitrogens with zero attached hydrogens (tertiary/aromatic N) is 1. The Morgan fingerprint density at radius 2 is 2.15 bits per heavy atom. The summed E-state index contributed by atoms with van der Waals surface area (Å²) in [5, 5.41) is 12.3. The van der Waals surface area contributed by atoms with E-state index in [0.29, 0.717) is 12.1 Å². The lowest BCUT2D eigenvalue weighted by molar-refractivity contribution is -0.137. The zero-order valence-corrected chi connectivity index (χ0v) is 11.2. The Hall–Kier alpha value is -2.43. The molecule has 1 amide bonds. The van der Waals surface area contributed by atoms with Gasteiger partial charge in [0.25, 0.3) is 5.91 Å². The topological polar surface area (TPSA) is 79.3 Å². The Morgan fingerprint density at radius 1 is 1.35 bits per heavy atom. The second-order valence-electron chi connectivity index (χ2n) is 4.82. The fourth-order valence-corrected chi connectivity index (χ4v) is 1.96. The monoisotopic (exact) mass is 272 g/mol. The maximum Gasteiger partial charge on any atom is 0.303 e. The largest absolute Gasteiger partial charge is 0.481 e. The van der Waals surface area contributed by atoms with Gasteiger partial charge >= 0.3 is 5.97 Å². The molecule has 2 rings (SSSR count). The number of carboxylic acid groups (broad SMARTS) is 1. The average Bonchev–Trinajstić information content (AvgIpc) is 2.43. The van der Waals surface area contributed by atoms with E-state index in [1.807, 2.05) is 12.1 Å². The second-order valence-corrected chi connectivity index (χ2v) is 4.82. The molecule has 0 fully saturated rings. The third-order valence-corrected chi connectivity index (χ3v) is 3.00. The summed E-state index contributed by atoms with van der Waals surface area (Å²) in [6.07, 6.45) is 1.75. The van der Waals surface area contributed by atoms with Gasteiger partial charge in [0.15, 0.2) is 0 Å². The van der Waals surface area contributed by atoms with Crippen LogP contribution < -0.4 is 5.32 Å². The highest BCUT2D eigenvalue weighted by atomic mass is 16.4. The van der Waals surface area contributed by atoms with Crippen LogP contribution in [0.3, 0.4) is 0 Å². The minimum Gasteiger partial charge on any atom is -0.481 e. The van der Waals surface area contributed by atoms with Crippen LogP contribution in [0.15, 0.2) is 36.5 Å². The van der Waals surface area contributed by atoms with Gasteiger partial charge in [-0.1, -0.05) is 13.0 Å². The number of hydrogen-bond donors (Lipinski definition) is 2. The molecular weight excluding hydrogens is 256 g/mol. The Labute approximate surface area is 116 Å². The van der Waals surface area contributed by atoms with Crippen molar-refractivity contribution in [3.8, 4) is 0 Å². The predicted octanol–water partition coefficient (Wildman–Crippen LogP) is 2.08. The van der Waals surface area contributed by atoms with Crippen molar-refractivity contribution in [1.82, 2.24) is 10.3 Å². The number of aliphatic carboxylic acids is 1. The molecule has 0 spiro atoms. The molecule has 2 aromatic rings. The van der Waals surface area contributed by atoms with E-state index in [0.717, 1.165) is 10.9 Å². The van der Waals surface area contributed by atoms with Gasteiger partial charge in [0.1, 0.15) is 0 Å². The van der Waals surface area contributed by atoms with Crippen molar-refractivity contribution in [2.24, 2.45) is 5.92 Å². The van der Waals surface area contributed by atoms with Gasteiger partial charge < -0.3 is 10.4 Å². The van der Waals surface area contributed by atoms with Crippen LogP contribution in [-0.2, 0) is 4.79 Å². The van der Waals surface area contributed by atoms with Gasteiger partial charge in [-0.15, -0.1) is 0 Å². The van der Waals surface area contributed by atoms with Crippen LogP contribution in [0.5, 0.6) is 0 Å². The van der Waals surface area contributed by atoms with Crippen LogP contribution in [0.1, 0.15) is 23.7 Å². The minimum absolute atomic E-state index is 0.0436. The van der Waals surface area contributed by atoms with Gasteiger partial charge in [0.05, 0.1) is 5.52 Å². The number of carboxylic acids is 1. The number of amides is 1. The Balaban J connectivity index is 2.02. The lowest BCUT2D eigenvalue weighted by Crippen LogP contribution is -2.29. The number of rotatable bonds is 5. The summed E-state index contributed by atoms with van der Waals surface area (Å²) in [6.45, 7) is 2.13. The Bertz CT molecular complexity index is 640. The van der Waals surface area contributed by atoms with E-state index in [2.05, 4.69) is 10.3 Å². The van der Waals surface area contributed by atoms with Gasteiger partial charge in [0.2, 0.25) is 0 Å². The SMILES string of the molecule is CC(CNC(=O)c1ccc2ncccc2c1)CC(=O)O.